The van der Waals surface area contributed by atoms with Gasteiger partial charge >= 0.3 is 0 Å². The van der Waals surface area contributed by atoms with Crippen LogP contribution in [0.25, 0.3) is 11.0 Å². The van der Waals surface area contributed by atoms with Crippen LogP contribution in [0.5, 0.6) is 0 Å². The van der Waals surface area contributed by atoms with E-state index >= 15 is 0 Å². The Morgan fingerprint density at radius 3 is 2.77 bits per heavy atom. The Labute approximate surface area is 179 Å². The predicted molar refractivity (Wildman–Crippen MR) is 119 cm³/mol. The molecule has 0 aliphatic carbocycles. The predicted octanol–water partition coefficient (Wildman–Crippen LogP) is 3.86. The molecule has 0 radical (unpaired) electrons. The minimum atomic E-state index is -0.649. The lowest BCUT2D eigenvalue weighted by atomic mass is 10.1. The molecule has 5 rings (SSSR count). The third-order valence-electron chi connectivity index (χ3n) is 5.43. The summed E-state index contributed by atoms with van der Waals surface area (Å²) in [5, 5.41) is 2.91. The van der Waals surface area contributed by atoms with Crippen LogP contribution in [-0.4, -0.2) is 26.3 Å². The van der Waals surface area contributed by atoms with Crippen LogP contribution in [0, 0.1) is 6.92 Å². The average Bonchev–Trinajstić information content (AvgIpc) is 3.25. The molecule has 1 aliphatic heterocycles. The first-order chi connectivity index (χ1) is 15.1. The van der Waals surface area contributed by atoms with E-state index in [9.17, 15) is 9.59 Å². The summed E-state index contributed by atoms with van der Waals surface area (Å²) in [4.78, 5) is 36.7. The lowest BCUT2D eigenvalue weighted by molar-refractivity contribution is -0.124. The van der Waals surface area contributed by atoms with Crippen LogP contribution in [0.2, 0.25) is 0 Å². The zero-order valence-electron chi connectivity index (χ0n) is 17.0. The topological polar surface area (TPSA) is 80.1 Å². The first kappa shape index (κ1) is 19.0. The van der Waals surface area contributed by atoms with Gasteiger partial charge in [-0.2, -0.15) is 0 Å². The second-order valence-corrected chi connectivity index (χ2v) is 7.69. The normalized spacial score (nSPS) is 15.3. The van der Waals surface area contributed by atoms with E-state index in [0.29, 0.717) is 12.5 Å². The molecule has 1 N–H and O–H groups in total. The van der Waals surface area contributed by atoms with Crippen molar-refractivity contribution >= 4 is 34.5 Å². The van der Waals surface area contributed by atoms with Crippen molar-refractivity contribution in [3.8, 4) is 0 Å². The molecule has 0 saturated carbocycles. The van der Waals surface area contributed by atoms with Crippen LogP contribution in [0.3, 0.4) is 0 Å². The van der Waals surface area contributed by atoms with Crippen LogP contribution in [-0.2, 0) is 16.1 Å². The molecular formula is C24H21N5O2. The van der Waals surface area contributed by atoms with E-state index in [0.717, 1.165) is 27.8 Å². The molecule has 1 atom stereocenters. The Morgan fingerprint density at radius 2 is 1.97 bits per heavy atom. The first-order valence-corrected chi connectivity index (χ1v) is 10.1. The highest BCUT2D eigenvalue weighted by molar-refractivity contribution is 6.05. The fourth-order valence-corrected chi connectivity index (χ4v) is 4.03. The van der Waals surface area contributed by atoms with Gasteiger partial charge in [-0.15, -0.1) is 0 Å². The van der Waals surface area contributed by atoms with Gasteiger partial charge < -0.3 is 5.32 Å². The molecule has 4 aromatic rings. The summed E-state index contributed by atoms with van der Waals surface area (Å²) in [6.07, 6.45) is 3.46. The number of fused-ring (bicyclic) bond motifs is 3. The third-order valence-corrected chi connectivity index (χ3v) is 5.43. The SMILES string of the molecule is Cc1cccc(NC(=O)C[C@@H]2C(=O)N(Cc3cccnc3)c3nc4ccccc4n32)c1. The van der Waals surface area contributed by atoms with Crippen LogP contribution in [0.1, 0.15) is 23.6 Å². The fraction of sp³-hybridized carbons (Fsp3) is 0.167. The number of benzene rings is 2. The molecule has 2 aromatic carbocycles. The van der Waals surface area contributed by atoms with Gasteiger partial charge in [-0.25, -0.2) is 4.98 Å². The molecule has 0 fully saturated rings. The maximum absolute atomic E-state index is 13.4. The molecule has 7 heteroatoms. The van der Waals surface area contributed by atoms with E-state index in [1.165, 1.54) is 0 Å². The first-order valence-electron chi connectivity index (χ1n) is 10.1. The fourth-order valence-electron chi connectivity index (χ4n) is 4.03. The van der Waals surface area contributed by atoms with Gasteiger partial charge in [-0.05, 0) is 48.4 Å². The van der Waals surface area contributed by atoms with Gasteiger partial charge in [0, 0.05) is 18.1 Å². The number of carbonyl (C=O) groups excluding carboxylic acids is 2. The van der Waals surface area contributed by atoms with Gasteiger partial charge in [0.05, 0.1) is 24.0 Å². The Hall–Kier alpha value is -4.00. The molecule has 31 heavy (non-hydrogen) atoms. The highest BCUT2D eigenvalue weighted by Gasteiger charge is 2.40. The van der Waals surface area contributed by atoms with Crippen LogP contribution in [0.15, 0.2) is 73.1 Å². The average molecular weight is 411 g/mol. The Kier molecular flexibility index (Phi) is 4.71. The molecule has 0 saturated heterocycles. The van der Waals surface area contributed by atoms with Crippen molar-refractivity contribution in [2.24, 2.45) is 0 Å². The molecule has 2 amide bonds. The number of anilines is 2. The summed E-state index contributed by atoms with van der Waals surface area (Å²) >= 11 is 0. The number of rotatable bonds is 5. The van der Waals surface area contributed by atoms with E-state index < -0.39 is 6.04 Å². The number of nitrogens with zero attached hydrogens (tertiary/aromatic N) is 4. The second kappa shape index (κ2) is 7.68. The number of carbonyl (C=O) groups is 2. The summed E-state index contributed by atoms with van der Waals surface area (Å²) in [7, 11) is 0. The Bertz CT molecular complexity index is 1280. The van der Waals surface area contributed by atoms with Crippen LogP contribution >= 0.6 is 0 Å². The van der Waals surface area contributed by atoms with E-state index in [4.69, 9.17) is 4.98 Å². The van der Waals surface area contributed by atoms with Crippen molar-refractivity contribution in [2.75, 3.05) is 10.2 Å². The molecule has 0 bridgehead atoms. The number of imidazole rings is 1. The minimum Gasteiger partial charge on any atom is -0.326 e. The van der Waals surface area contributed by atoms with Gasteiger partial charge in [0.1, 0.15) is 6.04 Å². The van der Waals surface area contributed by atoms with E-state index in [-0.39, 0.29) is 18.2 Å². The number of hydrogen-bond donors (Lipinski definition) is 1. The van der Waals surface area contributed by atoms with Crippen molar-refractivity contribution in [1.29, 1.82) is 0 Å². The highest BCUT2D eigenvalue weighted by Crippen LogP contribution is 2.37. The quantitative estimate of drug-likeness (QED) is 0.541. The van der Waals surface area contributed by atoms with Crippen molar-refractivity contribution in [1.82, 2.24) is 14.5 Å². The number of aryl methyl sites for hydroxylation is 1. The highest BCUT2D eigenvalue weighted by atomic mass is 16.2. The molecule has 154 valence electrons. The number of aromatic nitrogens is 3. The van der Waals surface area contributed by atoms with Crippen molar-refractivity contribution in [3.05, 3.63) is 84.2 Å². The van der Waals surface area contributed by atoms with E-state index in [2.05, 4.69) is 10.3 Å². The van der Waals surface area contributed by atoms with Crippen LogP contribution < -0.4 is 10.2 Å². The standard InChI is InChI=1S/C24H21N5O2/c1-16-6-4-8-18(12-16)26-22(30)13-21-23(31)28(15-17-7-5-11-25-14-17)24-27-19-9-2-3-10-20(19)29(21)24/h2-12,14,21H,13,15H2,1H3,(H,26,30)/t21-/m1/s1. The number of pyridine rings is 1. The molecule has 0 unspecified atom stereocenters. The zero-order valence-corrected chi connectivity index (χ0v) is 17.0. The number of amides is 2. The molecule has 3 heterocycles. The summed E-state index contributed by atoms with van der Waals surface area (Å²) < 4.78 is 1.88. The molecule has 7 nitrogen and oxygen atoms in total. The van der Waals surface area contributed by atoms with Gasteiger partial charge in [0.15, 0.2) is 0 Å². The van der Waals surface area contributed by atoms with Gasteiger partial charge in [-0.3, -0.25) is 24.0 Å². The Morgan fingerprint density at radius 1 is 1.10 bits per heavy atom. The van der Waals surface area contributed by atoms with Crippen molar-refractivity contribution < 1.29 is 9.59 Å². The third kappa shape index (κ3) is 3.54. The molecule has 1 aliphatic rings. The lowest BCUT2D eigenvalue weighted by Gasteiger charge is -2.16. The molecule has 0 spiro atoms. The summed E-state index contributed by atoms with van der Waals surface area (Å²) in [6.45, 7) is 2.32. The monoisotopic (exact) mass is 411 g/mol. The maximum Gasteiger partial charge on any atom is 0.253 e. The summed E-state index contributed by atoms with van der Waals surface area (Å²) in [5.41, 5.74) is 4.32. The van der Waals surface area contributed by atoms with E-state index in [1.54, 1.807) is 17.3 Å². The second-order valence-electron chi connectivity index (χ2n) is 7.69. The lowest BCUT2D eigenvalue weighted by Crippen LogP contribution is -2.31. The smallest absolute Gasteiger partial charge is 0.253 e. The number of hydrogen-bond acceptors (Lipinski definition) is 4. The Balaban J connectivity index is 1.47. The van der Waals surface area contributed by atoms with Crippen LogP contribution in [0.4, 0.5) is 11.6 Å². The van der Waals surface area contributed by atoms with Gasteiger partial charge in [-0.1, -0.05) is 30.3 Å². The zero-order chi connectivity index (χ0) is 21.4. The van der Waals surface area contributed by atoms with E-state index in [1.807, 2.05) is 72.2 Å². The van der Waals surface area contributed by atoms with Crippen molar-refractivity contribution in [2.45, 2.75) is 25.9 Å². The molecular weight excluding hydrogens is 390 g/mol. The van der Waals surface area contributed by atoms with Gasteiger partial charge in [0.25, 0.3) is 5.91 Å². The largest absolute Gasteiger partial charge is 0.326 e. The van der Waals surface area contributed by atoms with Crippen molar-refractivity contribution in [3.63, 3.8) is 0 Å². The summed E-state index contributed by atoms with van der Waals surface area (Å²) in [6, 6.07) is 18.4. The number of para-hydroxylation sites is 2. The number of nitrogens with one attached hydrogen (secondary N) is 1. The summed E-state index contributed by atoms with van der Waals surface area (Å²) in [5.74, 6) is 0.204. The minimum absolute atomic E-state index is 0.0314. The van der Waals surface area contributed by atoms with Gasteiger partial charge in [0.2, 0.25) is 11.9 Å². The maximum atomic E-state index is 13.4. The molecule has 2 aromatic heterocycles.